The average Bonchev–Trinajstić information content (AvgIpc) is 2.76. The van der Waals surface area contributed by atoms with E-state index in [-0.39, 0.29) is 5.91 Å². The van der Waals surface area contributed by atoms with Crippen molar-refractivity contribution in [3.05, 3.63) is 39.8 Å². The Morgan fingerprint density at radius 2 is 1.82 bits per heavy atom. The molecule has 1 aromatic carbocycles. The molecule has 1 aromatic heterocycles. The summed E-state index contributed by atoms with van der Waals surface area (Å²) in [6.07, 6.45) is 0. The van der Waals surface area contributed by atoms with Gasteiger partial charge in [-0.15, -0.1) is 11.3 Å². The second-order valence-electron chi connectivity index (χ2n) is 5.21. The van der Waals surface area contributed by atoms with Crippen molar-refractivity contribution in [3.8, 4) is 11.1 Å². The molecule has 0 bridgehead atoms. The maximum atomic E-state index is 12.2. The van der Waals surface area contributed by atoms with Gasteiger partial charge in [-0.1, -0.05) is 18.2 Å². The van der Waals surface area contributed by atoms with E-state index in [4.69, 9.17) is 4.74 Å². The standard InChI is InChI=1S/C17H19NO3S/c1-9-6-7-13(8-10(9)2)14-11(3)22-16(18-12(4)19)15(14)17(20)21-5/h6-8H,1-5H3,(H,18,19). The summed E-state index contributed by atoms with van der Waals surface area (Å²) in [6.45, 7) is 7.44. The van der Waals surface area contributed by atoms with Gasteiger partial charge in [-0.2, -0.15) is 0 Å². The van der Waals surface area contributed by atoms with E-state index in [1.165, 1.54) is 30.9 Å². The van der Waals surface area contributed by atoms with Crippen molar-refractivity contribution < 1.29 is 14.3 Å². The molecule has 1 amide bonds. The molecule has 0 saturated heterocycles. The molecule has 0 spiro atoms. The van der Waals surface area contributed by atoms with Crippen molar-refractivity contribution in [2.45, 2.75) is 27.7 Å². The Balaban J connectivity index is 2.68. The quantitative estimate of drug-likeness (QED) is 0.868. The van der Waals surface area contributed by atoms with Crippen LogP contribution < -0.4 is 5.32 Å². The summed E-state index contributed by atoms with van der Waals surface area (Å²) in [6, 6.07) is 6.07. The van der Waals surface area contributed by atoms with Crippen molar-refractivity contribution in [2.24, 2.45) is 0 Å². The first kappa shape index (κ1) is 16.2. The maximum absolute atomic E-state index is 12.2. The van der Waals surface area contributed by atoms with Crippen LogP contribution in [0.5, 0.6) is 0 Å². The molecule has 0 saturated carbocycles. The van der Waals surface area contributed by atoms with E-state index >= 15 is 0 Å². The van der Waals surface area contributed by atoms with E-state index in [1.54, 1.807) is 0 Å². The van der Waals surface area contributed by atoms with Gasteiger partial charge in [0.25, 0.3) is 0 Å². The van der Waals surface area contributed by atoms with E-state index in [0.29, 0.717) is 10.6 Å². The van der Waals surface area contributed by atoms with Gasteiger partial charge < -0.3 is 10.1 Å². The number of carbonyl (C=O) groups excluding carboxylic acids is 2. The first-order chi connectivity index (χ1) is 10.3. The minimum atomic E-state index is -0.443. The lowest BCUT2D eigenvalue weighted by Crippen LogP contribution is -2.10. The molecule has 0 atom stereocenters. The predicted octanol–water partition coefficient (Wildman–Crippen LogP) is 4.09. The van der Waals surface area contributed by atoms with Crippen LogP contribution in [-0.2, 0) is 9.53 Å². The van der Waals surface area contributed by atoms with Crippen LogP contribution in [0.1, 0.15) is 33.3 Å². The molecule has 1 heterocycles. The highest BCUT2D eigenvalue weighted by molar-refractivity contribution is 7.17. The molecule has 0 unspecified atom stereocenters. The zero-order valence-electron chi connectivity index (χ0n) is 13.4. The summed E-state index contributed by atoms with van der Waals surface area (Å²) in [7, 11) is 1.34. The summed E-state index contributed by atoms with van der Waals surface area (Å²) in [5, 5.41) is 3.26. The largest absolute Gasteiger partial charge is 0.465 e. The fourth-order valence-electron chi connectivity index (χ4n) is 2.33. The fraction of sp³-hybridized carbons (Fsp3) is 0.294. The van der Waals surface area contributed by atoms with Crippen LogP contribution in [0.15, 0.2) is 18.2 Å². The summed E-state index contributed by atoms with van der Waals surface area (Å²) < 4.78 is 4.90. The molecule has 0 fully saturated rings. The number of hydrogen-bond acceptors (Lipinski definition) is 4. The Morgan fingerprint density at radius 1 is 1.14 bits per heavy atom. The Morgan fingerprint density at radius 3 is 2.36 bits per heavy atom. The van der Waals surface area contributed by atoms with Gasteiger partial charge in [-0.05, 0) is 37.5 Å². The lowest BCUT2D eigenvalue weighted by Gasteiger charge is -2.09. The normalized spacial score (nSPS) is 10.4. The molecule has 0 radical (unpaired) electrons. The van der Waals surface area contributed by atoms with Gasteiger partial charge in [0.2, 0.25) is 5.91 Å². The van der Waals surface area contributed by atoms with E-state index in [9.17, 15) is 9.59 Å². The number of esters is 1. The Hall–Kier alpha value is -2.14. The summed E-state index contributed by atoms with van der Waals surface area (Å²) in [4.78, 5) is 24.5. The molecule has 1 N–H and O–H groups in total. The number of amides is 1. The molecule has 0 aliphatic carbocycles. The first-order valence-electron chi connectivity index (χ1n) is 6.92. The number of thiophene rings is 1. The predicted molar refractivity (Wildman–Crippen MR) is 89.6 cm³/mol. The summed E-state index contributed by atoms with van der Waals surface area (Å²) >= 11 is 1.39. The van der Waals surface area contributed by atoms with Crippen molar-refractivity contribution >= 4 is 28.2 Å². The molecule has 22 heavy (non-hydrogen) atoms. The van der Waals surface area contributed by atoms with Gasteiger partial charge in [0.15, 0.2) is 0 Å². The number of carbonyl (C=O) groups is 2. The Labute approximate surface area is 134 Å². The van der Waals surface area contributed by atoms with Crippen molar-refractivity contribution in [2.75, 3.05) is 12.4 Å². The minimum Gasteiger partial charge on any atom is -0.465 e. The van der Waals surface area contributed by atoms with E-state index in [1.807, 2.05) is 39.0 Å². The molecule has 4 nitrogen and oxygen atoms in total. The van der Waals surface area contributed by atoms with Gasteiger partial charge in [0.1, 0.15) is 10.6 Å². The lowest BCUT2D eigenvalue weighted by molar-refractivity contribution is -0.114. The third kappa shape index (κ3) is 3.04. The molecule has 0 aliphatic rings. The van der Waals surface area contributed by atoms with E-state index in [2.05, 4.69) is 5.32 Å². The number of rotatable bonds is 3. The third-order valence-corrected chi connectivity index (χ3v) is 4.58. The molecule has 2 rings (SSSR count). The topological polar surface area (TPSA) is 55.4 Å². The second kappa shape index (κ2) is 6.32. The monoisotopic (exact) mass is 317 g/mol. The number of aryl methyl sites for hydroxylation is 3. The number of anilines is 1. The first-order valence-corrected chi connectivity index (χ1v) is 7.73. The third-order valence-electron chi connectivity index (χ3n) is 3.56. The van der Waals surface area contributed by atoms with Crippen LogP contribution in [0.3, 0.4) is 0 Å². The second-order valence-corrected chi connectivity index (χ2v) is 6.43. The number of benzene rings is 1. The van der Waals surface area contributed by atoms with Crippen LogP contribution in [0.25, 0.3) is 11.1 Å². The number of methoxy groups -OCH3 is 1. The summed E-state index contributed by atoms with van der Waals surface area (Å²) in [5.74, 6) is -0.653. The van der Waals surface area contributed by atoms with Gasteiger partial charge >= 0.3 is 5.97 Å². The zero-order valence-corrected chi connectivity index (χ0v) is 14.2. The van der Waals surface area contributed by atoms with Crippen LogP contribution in [0.4, 0.5) is 5.00 Å². The van der Waals surface area contributed by atoms with Crippen molar-refractivity contribution in [3.63, 3.8) is 0 Å². The molecule has 0 aliphatic heterocycles. The van der Waals surface area contributed by atoms with Gasteiger partial charge in [-0.3, -0.25) is 4.79 Å². The smallest absolute Gasteiger partial charge is 0.341 e. The Kier molecular flexibility index (Phi) is 4.66. The van der Waals surface area contributed by atoms with Gasteiger partial charge in [0, 0.05) is 17.4 Å². The number of ether oxygens (including phenoxy) is 1. The number of hydrogen-bond donors (Lipinski definition) is 1. The van der Waals surface area contributed by atoms with Gasteiger partial charge in [-0.25, -0.2) is 4.79 Å². The lowest BCUT2D eigenvalue weighted by atomic mass is 9.97. The SMILES string of the molecule is COC(=O)c1c(NC(C)=O)sc(C)c1-c1ccc(C)c(C)c1. The molecular weight excluding hydrogens is 298 g/mol. The molecule has 2 aromatic rings. The van der Waals surface area contributed by atoms with Gasteiger partial charge in [0.05, 0.1) is 7.11 Å². The fourth-order valence-corrected chi connectivity index (χ4v) is 3.44. The van der Waals surface area contributed by atoms with Crippen LogP contribution in [0.2, 0.25) is 0 Å². The molecule has 116 valence electrons. The van der Waals surface area contributed by atoms with Crippen LogP contribution >= 0.6 is 11.3 Å². The summed E-state index contributed by atoms with van der Waals surface area (Å²) in [5.41, 5.74) is 4.54. The van der Waals surface area contributed by atoms with E-state index in [0.717, 1.165) is 21.6 Å². The Bertz CT molecular complexity index is 747. The highest BCUT2D eigenvalue weighted by Gasteiger charge is 2.24. The highest BCUT2D eigenvalue weighted by atomic mass is 32.1. The van der Waals surface area contributed by atoms with Crippen molar-refractivity contribution in [1.82, 2.24) is 0 Å². The maximum Gasteiger partial charge on any atom is 0.341 e. The van der Waals surface area contributed by atoms with E-state index < -0.39 is 5.97 Å². The average molecular weight is 317 g/mol. The molecular formula is C17H19NO3S. The molecule has 5 heteroatoms. The van der Waals surface area contributed by atoms with Crippen LogP contribution in [0, 0.1) is 20.8 Å². The zero-order chi connectivity index (χ0) is 16.4. The highest BCUT2D eigenvalue weighted by Crippen LogP contribution is 2.40. The number of nitrogens with one attached hydrogen (secondary N) is 1. The van der Waals surface area contributed by atoms with Crippen molar-refractivity contribution in [1.29, 1.82) is 0 Å². The minimum absolute atomic E-state index is 0.210. The van der Waals surface area contributed by atoms with Crippen LogP contribution in [-0.4, -0.2) is 19.0 Å².